The lowest BCUT2D eigenvalue weighted by Gasteiger charge is -2.30. The third kappa shape index (κ3) is 11.8. The van der Waals surface area contributed by atoms with E-state index < -0.39 is 0 Å². The van der Waals surface area contributed by atoms with Crippen molar-refractivity contribution in [3.05, 3.63) is 0 Å². The van der Waals surface area contributed by atoms with Crippen LogP contribution in [0.3, 0.4) is 0 Å². The summed E-state index contributed by atoms with van der Waals surface area (Å²) < 4.78 is 0. The van der Waals surface area contributed by atoms with Crippen LogP contribution in [-0.4, -0.2) is 60.6 Å². The molecule has 0 spiro atoms. The first kappa shape index (κ1) is 23.5. The van der Waals surface area contributed by atoms with Crippen molar-refractivity contribution in [3.63, 3.8) is 0 Å². The van der Waals surface area contributed by atoms with Crippen molar-refractivity contribution >= 4 is 11.8 Å². The fraction of sp³-hybridized carbons (Fsp3) is 1.00. The van der Waals surface area contributed by atoms with Crippen LogP contribution in [0.4, 0.5) is 0 Å². The molecule has 2 heterocycles. The van der Waals surface area contributed by atoms with E-state index in [2.05, 4.69) is 35.4 Å². The van der Waals surface area contributed by atoms with Crippen LogP contribution in [0, 0.1) is 11.8 Å². The molecular formula is C24H48N2S. The molecule has 2 saturated heterocycles. The molecule has 0 aromatic carbocycles. The van der Waals surface area contributed by atoms with Gasteiger partial charge in [-0.3, -0.25) is 0 Å². The molecule has 0 aromatic rings. The number of likely N-dealkylation sites (tertiary alicyclic amines) is 2. The Bertz CT molecular complexity index is 317. The number of unbranched alkanes of at least 4 members (excludes halogenated alkanes) is 6. The molecule has 2 atom stereocenters. The van der Waals surface area contributed by atoms with Crippen LogP contribution in [0.1, 0.15) is 90.9 Å². The average Bonchev–Trinajstić information content (AvgIpc) is 2.65. The molecule has 0 N–H and O–H groups in total. The van der Waals surface area contributed by atoms with E-state index in [0.29, 0.717) is 0 Å². The topological polar surface area (TPSA) is 6.48 Å². The van der Waals surface area contributed by atoms with Gasteiger partial charge in [0.05, 0.1) is 0 Å². The monoisotopic (exact) mass is 396 g/mol. The van der Waals surface area contributed by atoms with Crippen LogP contribution in [0.2, 0.25) is 0 Å². The predicted molar refractivity (Wildman–Crippen MR) is 124 cm³/mol. The second-order valence-electron chi connectivity index (χ2n) is 9.54. The van der Waals surface area contributed by atoms with Crippen molar-refractivity contribution in [1.29, 1.82) is 0 Å². The van der Waals surface area contributed by atoms with Gasteiger partial charge in [0.1, 0.15) is 0 Å². The fourth-order valence-corrected chi connectivity index (χ4v) is 5.89. The zero-order valence-electron chi connectivity index (χ0n) is 18.6. The molecule has 0 bridgehead atoms. The summed E-state index contributed by atoms with van der Waals surface area (Å²) in [7, 11) is 0. The molecule has 2 rings (SSSR count). The molecule has 3 heteroatoms. The molecule has 2 aliphatic rings. The molecule has 0 amide bonds. The summed E-state index contributed by atoms with van der Waals surface area (Å²) in [6.45, 7) is 13.0. The Morgan fingerprint density at radius 2 is 1.07 bits per heavy atom. The molecule has 2 nitrogen and oxygen atoms in total. The number of piperidine rings is 2. The Kier molecular flexibility index (Phi) is 13.2. The van der Waals surface area contributed by atoms with E-state index in [1.165, 1.54) is 128 Å². The second-order valence-corrected chi connectivity index (χ2v) is 10.8. The predicted octanol–water partition coefficient (Wildman–Crippen LogP) is 6.30. The minimum atomic E-state index is 0.934. The van der Waals surface area contributed by atoms with Crippen molar-refractivity contribution < 1.29 is 0 Å². The molecule has 27 heavy (non-hydrogen) atoms. The molecule has 0 saturated carbocycles. The van der Waals surface area contributed by atoms with E-state index in [4.69, 9.17) is 0 Å². The highest BCUT2D eigenvalue weighted by Crippen LogP contribution is 2.18. The fourth-order valence-electron chi connectivity index (χ4n) is 4.87. The molecule has 0 aromatic heterocycles. The van der Waals surface area contributed by atoms with Gasteiger partial charge in [-0.15, -0.1) is 0 Å². The second kappa shape index (κ2) is 15.2. The minimum absolute atomic E-state index is 0.934. The van der Waals surface area contributed by atoms with Crippen LogP contribution in [0.25, 0.3) is 0 Å². The molecule has 0 radical (unpaired) electrons. The van der Waals surface area contributed by atoms with Gasteiger partial charge in [-0.1, -0.05) is 39.5 Å². The van der Waals surface area contributed by atoms with Crippen LogP contribution in [0.15, 0.2) is 0 Å². The quantitative estimate of drug-likeness (QED) is 0.318. The third-order valence-electron chi connectivity index (χ3n) is 6.51. The molecule has 2 aliphatic heterocycles. The first-order valence-corrected chi connectivity index (χ1v) is 13.4. The standard InChI is InChI=1S/C24H48N2S/c1-23-13-11-17-25(21-23)15-7-3-5-9-19-27-20-10-6-4-8-16-26-18-12-14-24(2)22-26/h23-24H,3-22H2,1-2H3. The Balaban J connectivity index is 1.26. The summed E-state index contributed by atoms with van der Waals surface area (Å²) in [4.78, 5) is 5.41. The maximum Gasteiger partial charge on any atom is 0.000703 e. The smallest absolute Gasteiger partial charge is 0.000703 e. The largest absolute Gasteiger partial charge is 0.303 e. The maximum atomic E-state index is 2.70. The zero-order chi connectivity index (χ0) is 19.2. The number of hydrogen-bond donors (Lipinski definition) is 0. The van der Waals surface area contributed by atoms with Gasteiger partial charge in [-0.05, 0) is 101 Å². The highest BCUT2D eigenvalue weighted by molar-refractivity contribution is 7.99. The number of nitrogens with zero attached hydrogens (tertiary/aromatic N) is 2. The molecule has 2 fully saturated rings. The van der Waals surface area contributed by atoms with Crippen molar-refractivity contribution in [2.24, 2.45) is 11.8 Å². The first-order valence-electron chi connectivity index (χ1n) is 12.3. The zero-order valence-corrected chi connectivity index (χ0v) is 19.4. The van der Waals surface area contributed by atoms with Gasteiger partial charge >= 0.3 is 0 Å². The van der Waals surface area contributed by atoms with Crippen molar-refractivity contribution in [2.45, 2.75) is 90.9 Å². The molecule has 2 unspecified atom stereocenters. The summed E-state index contributed by atoms with van der Waals surface area (Å²) in [5.74, 6) is 4.66. The van der Waals surface area contributed by atoms with Crippen molar-refractivity contribution in [1.82, 2.24) is 9.80 Å². The van der Waals surface area contributed by atoms with Crippen LogP contribution in [0.5, 0.6) is 0 Å². The number of hydrogen-bond acceptors (Lipinski definition) is 3. The van der Waals surface area contributed by atoms with Crippen molar-refractivity contribution in [2.75, 3.05) is 50.8 Å². The van der Waals surface area contributed by atoms with Crippen LogP contribution >= 0.6 is 11.8 Å². The average molecular weight is 397 g/mol. The Hall–Kier alpha value is 0.270. The number of thioether (sulfide) groups is 1. The third-order valence-corrected chi connectivity index (χ3v) is 7.66. The van der Waals surface area contributed by atoms with E-state index in [0.717, 1.165) is 11.8 Å². The molecule has 0 aliphatic carbocycles. The van der Waals surface area contributed by atoms with Gasteiger partial charge in [0.2, 0.25) is 0 Å². The van der Waals surface area contributed by atoms with Crippen molar-refractivity contribution in [3.8, 4) is 0 Å². The van der Waals surface area contributed by atoms with E-state index in [-0.39, 0.29) is 0 Å². The Labute approximate surface area is 175 Å². The lowest BCUT2D eigenvalue weighted by Crippen LogP contribution is -2.34. The molecular weight excluding hydrogens is 348 g/mol. The maximum absolute atomic E-state index is 2.70. The van der Waals surface area contributed by atoms with Crippen LogP contribution < -0.4 is 0 Å². The highest BCUT2D eigenvalue weighted by Gasteiger charge is 2.16. The normalized spacial score (nSPS) is 25.1. The summed E-state index contributed by atoms with van der Waals surface area (Å²) in [5.41, 5.74) is 0. The number of rotatable bonds is 14. The van der Waals surface area contributed by atoms with E-state index in [1.807, 2.05) is 0 Å². The van der Waals surface area contributed by atoms with Gasteiger partial charge in [0.15, 0.2) is 0 Å². The van der Waals surface area contributed by atoms with Gasteiger partial charge in [-0.2, -0.15) is 11.8 Å². The lowest BCUT2D eigenvalue weighted by molar-refractivity contribution is 0.181. The van der Waals surface area contributed by atoms with Gasteiger partial charge in [-0.25, -0.2) is 0 Å². The first-order chi connectivity index (χ1) is 13.2. The summed E-state index contributed by atoms with van der Waals surface area (Å²) in [5, 5.41) is 0. The van der Waals surface area contributed by atoms with E-state index in [1.54, 1.807) is 0 Å². The minimum Gasteiger partial charge on any atom is -0.303 e. The van der Waals surface area contributed by atoms with Gasteiger partial charge < -0.3 is 9.80 Å². The van der Waals surface area contributed by atoms with Gasteiger partial charge in [0.25, 0.3) is 0 Å². The summed E-state index contributed by atoms with van der Waals surface area (Å²) >= 11 is 2.21. The Morgan fingerprint density at radius 1 is 0.630 bits per heavy atom. The highest BCUT2D eigenvalue weighted by atomic mass is 32.2. The SMILES string of the molecule is CC1CCCN(CCCCCCSCCCCCCN2CCCC(C)C2)C1. The summed E-state index contributed by atoms with van der Waals surface area (Å²) in [6, 6.07) is 0. The van der Waals surface area contributed by atoms with Gasteiger partial charge in [0, 0.05) is 13.1 Å². The summed E-state index contributed by atoms with van der Waals surface area (Å²) in [6.07, 6.45) is 17.3. The Morgan fingerprint density at radius 3 is 1.52 bits per heavy atom. The molecule has 160 valence electrons. The van der Waals surface area contributed by atoms with Crippen LogP contribution in [-0.2, 0) is 0 Å². The lowest BCUT2D eigenvalue weighted by atomic mass is 10.00. The van der Waals surface area contributed by atoms with E-state index in [9.17, 15) is 0 Å². The van der Waals surface area contributed by atoms with E-state index >= 15 is 0 Å².